The molecule has 0 amide bonds. The first-order chi connectivity index (χ1) is 12.6. The lowest BCUT2D eigenvalue weighted by atomic mass is 9.82. The maximum Gasteiger partial charge on any atom is 0.317 e. The smallest absolute Gasteiger partial charge is 0.317 e. The monoisotopic (exact) mass is 360 g/mol. The number of hydrogen-bond donors (Lipinski definition) is 0. The number of rotatable bonds is 14. The third-order valence-corrected chi connectivity index (χ3v) is 5.56. The van der Waals surface area contributed by atoms with Crippen LogP contribution in [0.3, 0.4) is 0 Å². The Morgan fingerprint density at radius 1 is 0.846 bits per heavy atom. The van der Waals surface area contributed by atoms with E-state index in [1.165, 1.54) is 50.5 Å². The predicted molar refractivity (Wildman–Crippen MR) is 112 cm³/mol. The third-order valence-electron chi connectivity index (χ3n) is 5.56. The summed E-state index contributed by atoms with van der Waals surface area (Å²) >= 11 is 0. The molecule has 0 aromatic heterocycles. The van der Waals surface area contributed by atoms with Crippen molar-refractivity contribution >= 4 is 5.97 Å². The minimum atomic E-state index is -0.369. The van der Waals surface area contributed by atoms with Crippen molar-refractivity contribution < 1.29 is 9.53 Å². The van der Waals surface area contributed by atoms with Crippen LogP contribution in [0.4, 0.5) is 0 Å². The van der Waals surface area contributed by atoms with Gasteiger partial charge >= 0.3 is 5.97 Å². The van der Waals surface area contributed by atoms with Crippen LogP contribution < -0.4 is 4.74 Å². The van der Waals surface area contributed by atoms with Crippen molar-refractivity contribution in [2.75, 3.05) is 0 Å². The zero-order chi connectivity index (χ0) is 19.3. The first-order valence-corrected chi connectivity index (χ1v) is 10.9. The molecule has 0 saturated carbocycles. The standard InChI is InChI=1S/C24H40O2/c1-5-8-10-11-12-13-14-15-21-16-18-22(19-17-21)26-23(25)24(4,7-3)20-9-6-2/h16-19H,5-15,20H2,1-4H3. The van der Waals surface area contributed by atoms with Crippen LogP contribution in [0.1, 0.15) is 104 Å². The van der Waals surface area contributed by atoms with Crippen molar-refractivity contribution in [1.82, 2.24) is 0 Å². The van der Waals surface area contributed by atoms with Crippen LogP contribution in [0.5, 0.6) is 5.75 Å². The normalized spacial score (nSPS) is 13.4. The Hall–Kier alpha value is -1.31. The highest BCUT2D eigenvalue weighted by molar-refractivity contribution is 5.78. The van der Waals surface area contributed by atoms with Crippen LogP contribution in [0.15, 0.2) is 24.3 Å². The van der Waals surface area contributed by atoms with E-state index in [1.807, 2.05) is 19.1 Å². The molecule has 1 aromatic carbocycles. The molecule has 148 valence electrons. The molecule has 0 aliphatic carbocycles. The van der Waals surface area contributed by atoms with Crippen molar-refractivity contribution in [3.05, 3.63) is 29.8 Å². The van der Waals surface area contributed by atoms with Gasteiger partial charge in [0.15, 0.2) is 0 Å². The molecule has 0 N–H and O–H groups in total. The fourth-order valence-corrected chi connectivity index (χ4v) is 3.23. The van der Waals surface area contributed by atoms with Crippen LogP contribution in [-0.4, -0.2) is 5.97 Å². The zero-order valence-electron chi connectivity index (χ0n) is 17.6. The molecule has 26 heavy (non-hydrogen) atoms. The zero-order valence-corrected chi connectivity index (χ0v) is 17.6. The lowest BCUT2D eigenvalue weighted by Crippen LogP contribution is -2.31. The Morgan fingerprint density at radius 2 is 1.42 bits per heavy atom. The van der Waals surface area contributed by atoms with E-state index in [0.29, 0.717) is 5.75 Å². The van der Waals surface area contributed by atoms with Gasteiger partial charge in [-0.1, -0.05) is 84.3 Å². The van der Waals surface area contributed by atoms with Crippen molar-refractivity contribution in [3.8, 4) is 5.75 Å². The molecule has 1 atom stereocenters. The largest absolute Gasteiger partial charge is 0.426 e. The van der Waals surface area contributed by atoms with E-state index in [-0.39, 0.29) is 11.4 Å². The Balaban J connectivity index is 2.38. The maximum atomic E-state index is 12.6. The number of esters is 1. The summed E-state index contributed by atoms with van der Waals surface area (Å²) in [7, 11) is 0. The van der Waals surface area contributed by atoms with Crippen LogP contribution in [0, 0.1) is 5.41 Å². The lowest BCUT2D eigenvalue weighted by molar-refractivity contribution is -0.145. The number of hydrogen-bond acceptors (Lipinski definition) is 2. The lowest BCUT2D eigenvalue weighted by Gasteiger charge is -2.25. The predicted octanol–water partition coefficient (Wildman–Crippen LogP) is 7.49. The molecule has 2 nitrogen and oxygen atoms in total. The quantitative estimate of drug-likeness (QED) is 0.195. The summed E-state index contributed by atoms with van der Waals surface area (Å²) in [5, 5.41) is 0. The number of unbranched alkanes of at least 4 members (excludes halogenated alkanes) is 7. The van der Waals surface area contributed by atoms with E-state index >= 15 is 0 Å². The molecular formula is C24H40O2. The minimum absolute atomic E-state index is 0.0896. The van der Waals surface area contributed by atoms with E-state index in [4.69, 9.17) is 4.74 Å². The van der Waals surface area contributed by atoms with Gasteiger partial charge in [-0.3, -0.25) is 4.79 Å². The summed E-state index contributed by atoms with van der Waals surface area (Å²) in [5.74, 6) is 0.586. The second-order valence-corrected chi connectivity index (χ2v) is 7.92. The number of aryl methyl sites for hydroxylation is 1. The first-order valence-electron chi connectivity index (χ1n) is 10.9. The number of benzene rings is 1. The minimum Gasteiger partial charge on any atom is -0.426 e. The Morgan fingerprint density at radius 3 is 2.00 bits per heavy atom. The van der Waals surface area contributed by atoms with Gasteiger partial charge in [-0.25, -0.2) is 0 Å². The highest BCUT2D eigenvalue weighted by atomic mass is 16.5. The van der Waals surface area contributed by atoms with Gasteiger partial charge in [0.05, 0.1) is 5.41 Å². The Labute approximate surface area is 161 Å². The van der Waals surface area contributed by atoms with Gasteiger partial charge in [-0.05, 0) is 50.3 Å². The molecule has 0 aliphatic heterocycles. The summed E-state index contributed by atoms with van der Waals surface area (Å²) in [6, 6.07) is 8.11. The van der Waals surface area contributed by atoms with Gasteiger partial charge in [-0.15, -0.1) is 0 Å². The topological polar surface area (TPSA) is 26.3 Å². The average molecular weight is 361 g/mol. The van der Waals surface area contributed by atoms with Gasteiger partial charge in [-0.2, -0.15) is 0 Å². The van der Waals surface area contributed by atoms with E-state index in [9.17, 15) is 4.79 Å². The Bertz CT molecular complexity index is 491. The first kappa shape index (κ1) is 22.7. The van der Waals surface area contributed by atoms with Crippen LogP contribution in [-0.2, 0) is 11.2 Å². The average Bonchev–Trinajstić information content (AvgIpc) is 2.66. The van der Waals surface area contributed by atoms with Crippen LogP contribution in [0.25, 0.3) is 0 Å². The molecule has 0 saturated heterocycles. The summed E-state index contributed by atoms with van der Waals surface area (Å²) in [6.07, 6.45) is 14.4. The molecule has 0 radical (unpaired) electrons. The molecule has 0 aliphatic rings. The van der Waals surface area contributed by atoms with E-state index in [1.54, 1.807) is 0 Å². The third kappa shape index (κ3) is 8.38. The van der Waals surface area contributed by atoms with E-state index < -0.39 is 0 Å². The molecule has 2 heteroatoms. The van der Waals surface area contributed by atoms with Gasteiger partial charge in [0, 0.05) is 0 Å². The van der Waals surface area contributed by atoms with Crippen molar-refractivity contribution in [3.63, 3.8) is 0 Å². The number of carbonyl (C=O) groups excluding carboxylic acids is 1. The number of ether oxygens (including phenoxy) is 1. The molecule has 0 heterocycles. The van der Waals surface area contributed by atoms with Gasteiger partial charge in [0.2, 0.25) is 0 Å². The molecule has 0 spiro atoms. The summed E-state index contributed by atoms with van der Waals surface area (Å²) < 4.78 is 5.66. The molecule has 1 rings (SSSR count). The van der Waals surface area contributed by atoms with Gasteiger partial charge in [0.25, 0.3) is 0 Å². The second-order valence-electron chi connectivity index (χ2n) is 7.92. The van der Waals surface area contributed by atoms with Gasteiger partial charge < -0.3 is 4.74 Å². The van der Waals surface area contributed by atoms with Gasteiger partial charge in [0.1, 0.15) is 5.75 Å². The van der Waals surface area contributed by atoms with Crippen LogP contribution in [0.2, 0.25) is 0 Å². The number of carbonyl (C=O) groups is 1. The molecule has 0 bridgehead atoms. The fourth-order valence-electron chi connectivity index (χ4n) is 3.23. The highest BCUT2D eigenvalue weighted by Crippen LogP contribution is 2.30. The molecule has 1 aromatic rings. The summed E-state index contributed by atoms with van der Waals surface area (Å²) in [5.41, 5.74) is 0.967. The highest BCUT2D eigenvalue weighted by Gasteiger charge is 2.32. The fraction of sp³-hybridized carbons (Fsp3) is 0.708. The second kappa shape index (κ2) is 12.9. The summed E-state index contributed by atoms with van der Waals surface area (Å²) in [6.45, 7) is 8.52. The van der Waals surface area contributed by atoms with Crippen molar-refractivity contribution in [2.45, 2.75) is 105 Å². The maximum absolute atomic E-state index is 12.6. The molecular weight excluding hydrogens is 320 g/mol. The van der Waals surface area contributed by atoms with Crippen molar-refractivity contribution in [2.24, 2.45) is 5.41 Å². The van der Waals surface area contributed by atoms with Crippen LogP contribution >= 0.6 is 0 Å². The van der Waals surface area contributed by atoms with E-state index in [0.717, 1.165) is 32.1 Å². The Kier molecular flexibility index (Phi) is 11.3. The van der Waals surface area contributed by atoms with E-state index in [2.05, 4.69) is 32.9 Å². The molecule has 0 fully saturated rings. The molecule has 1 unspecified atom stereocenters. The SMILES string of the molecule is CCCCCCCCCc1ccc(OC(=O)C(C)(CC)CCCC)cc1. The summed E-state index contributed by atoms with van der Waals surface area (Å²) in [4.78, 5) is 12.6. The van der Waals surface area contributed by atoms with Crippen molar-refractivity contribution in [1.29, 1.82) is 0 Å².